The lowest BCUT2D eigenvalue weighted by atomic mass is 10.2. The van der Waals surface area contributed by atoms with Gasteiger partial charge in [-0.15, -0.1) is 11.3 Å². The Hall–Kier alpha value is -2.87. The van der Waals surface area contributed by atoms with Gasteiger partial charge in [0.15, 0.2) is 18.1 Å². The van der Waals surface area contributed by atoms with Crippen LogP contribution in [0.1, 0.15) is 30.5 Å². The van der Waals surface area contributed by atoms with Gasteiger partial charge in [0.05, 0.1) is 0 Å². The number of carbonyl (C=O) groups excluding carboxylic acids is 3. The predicted octanol–water partition coefficient (Wildman–Crippen LogP) is 2.25. The number of esters is 1. The fraction of sp³-hybridized carbons (Fsp3) is 0.278. The molecule has 0 bridgehead atoms. The Kier molecular flexibility index (Phi) is 5.22. The van der Waals surface area contributed by atoms with E-state index < -0.39 is 11.9 Å². The third-order valence-electron chi connectivity index (χ3n) is 3.73. The zero-order valence-electron chi connectivity index (χ0n) is 14.3. The van der Waals surface area contributed by atoms with E-state index >= 15 is 0 Å². The highest BCUT2D eigenvalue weighted by atomic mass is 32.1. The summed E-state index contributed by atoms with van der Waals surface area (Å²) >= 11 is 1.51. The highest BCUT2D eigenvalue weighted by Gasteiger charge is 2.18. The van der Waals surface area contributed by atoms with Gasteiger partial charge in [-0.3, -0.25) is 14.4 Å². The van der Waals surface area contributed by atoms with E-state index in [-0.39, 0.29) is 25.7 Å². The number of thiophene rings is 1. The number of ketones is 1. The Morgan fingerprint density at radius 1 is 1.15 bits per heavy atom. The van der Waals surface area contributed by atoms with Crippen LogP contribution < -0.4 is 14.8 Å². The van der Waals surface area contributed by atoms with Crippen molar-refractivity contribution in [3.63, 3.8) is 0 Å². The van der Waals surface area contributed by atoms with Gasteiger partial charge in [-0.1, -0.05) is 0 Å². The minimum Gasteiger partial charge on any atom is -0.456 e. The summed E-state index contributed by atoms with van der Waals surface area (Å²) < 4.78 is 15.3. The van der Waals surface area contributed by atoms with Crippen molar-refractivity contribution in [2.45, 2.75) is 13.8 Å². The van der Waals surface area contributed by atoms with Gasteiger partial charge in [0.2, 0.25) is 12.6 Å². The first-order valence-electron chi connectivity index (χ1n) is 7.88. The lowest BCUT2D eigenvalue weighted by molar-refractivity contribution is -0.141. The molecule has 0 atom stereocenters. The van der Waals surface area contributed by atoms with E-state index in [1.807, 2.05) is 13.8 Å². The van der Waals surface area contributed by atoms with Crippen LogP contribution in [-0.2, 0) is 9.53 Å². The molecule has 136 valence electrons. The second-order valence-corrected chi connectivity index (χ2v) is 7.12. The fourth-order valence-corrected chi connectivity index (χ4v) is 3.42. The van der Waals surface area contributed by atoms with Crippen molar-refractivity contribution < 1.29 is 28.6 Å². The Balaban J connectivity index is 1.47. The van der Waals surface area contributed by atoms with Gasteiger partial charge in [0.1, 0.15) is 6.54 Å². The van der Waals surface area contributed by atoms with Crippen LogP contribution in [0.15, 0.2) is 24.3 Å². The Labute approximate surface area is 153 Å². The largest absolute Gasteiger partial charge is 0.456 e. The molecule has 1 aliphatic rings. The molecule has 8 heteroatoms. The van der Waals surface area contributed by atoms with Gasteiger partial charge >= 0.3 is 5.97 Å². The quantitative estimate of drug-likeness (QED) is 0.615. The van der Waals surface area contributed by atoms with E-state index in [1.54, 1.807) is 18.2 Å². The monoisotopic (exact) mass is 375 g/mol. The first-order chi connectivity index (χ1) is 12.4. The summed E-state index contributed by atoms with van der Waals surface area (Å²) in [5, 5.41) is 2.45. The first kappa shape index (κ1) is 17.9. The van der Waals surface area contributed by atoms with Crippen LogP contribution in [0.3, 0.4) is 0 Å². The van der Waals surface area contributed by atoms with E-state index in [9.17, 15) is 14.4 Å². The molecule has 26 heavy (non-hydrogen) atoms. The zero-order chi connectivity index (χ0) is 18.7. The van der Waals surface area contributed by atoms with Gasteiger partial charge in [0.25, 0.3) is 5.91 Å². The maximum atomic E-state index is 12.1. The number of nitrogens with one attached hydrogen (secondary N) is 1. The van der Waals surface area contributed by atoms with Crippen LogP contribution in [0.25, 0.3) is 0 Å². The SMILES string of the molecule is Cc1cc(C(=O)COC(=O)CNC(=O)c2ccc3c(c2)OCO3)c(C)s1. The van der Waals surface area contributed by atoms with Crippen molar-refractivity contribution in [1.29, 1.82) is 0 Å². The van der Waals surface area contributed by atoms with E-state index in [2.05, 4.69) is 5.32 Å². The highest BCUT2D eigenvalue weighted by Crippen LogP contribution is 2.32. The summed E-state index contributed by atoms with van der Waals surface area (Å²) in [6.07, 6.45) is 0. The number of hydrogen-bond acceptors (Lipinski definition) is 7. The molecule has 0 aliphatic carbocycles. The summed E-state index contributed by atoms with van der Waals surface area (Å²) in [5.41, 5.74) is 0.896. The lowest BCUT2D eigenvalue weighted by Gasteiger charge is -2.07. The summed E-state index contributed by atoms with van der Waals surface area (Å²) in [6, 6.07) is 6.50. The molecule has 0 spiro atoms. The van der Waals surface area contributed by atoms with Gasteiger partial charge < -0.3 is 19.5 Å². The number of Topliss-reactive ketones (excluding diaryl/α,β-unsaturated/α-hetero) is 1. The number of hydrogen-bond donors (Lipinski definition) is 1. The number of carbonyl (C=O) groups is 3. The third-order valence-corrected chi connectivity index (χ3v) is 4.70. The van der Waals surface area contributed by atoms with Gasteiger partial charge in [-0.05, 0) is 38.1 Å². The molecule has 1 N–H and O–H groups in total. The van der Waals surface area contributed by atoms with Gasteiger partial charge in [0, 0.05) is 20.9 Å². The van der Waals surface area contributed by atoms with Crippen molar-refractivity contribution in [1.82, 2.24) is 5.32 Å². The maximum Gasteiger partial charge on any atom is 0.325 e. The van der Waals surface area contributed by atoms with Crippen LogP contribution in [-0.4, -0.2) is 37.6 Å². The zero-order valence-corrected chi connectivity index (χ0v) is 15.1. The van der Waals surface area contributed by atoms with Gasteiger partial charge in [-0.25, -0.2) is 0 Å². The fourth-order valence-electron chi connectivity index (χ4n) is 2.47. The van der Waals surface area contributed by atoms with Crippen molar-refractivity contribution >= 4 is 29.0 Å². The molecule has 0 saturated heterocycles. The minimum atomic E-state index is -0.683. The molecule has 1 aromatic heterocycles. The standard InChI is InChI=1S/C18H17NO6S/c1-10-5-13(11(2)26-10)14(20)8-23-17(21)7-19-18(22)12-3-4-15-16(6-12)25-9-24-15/h3-6H,7-9H2,1-2H3,(H,19,22). The lowest BCUT2D eigenvalue weighted by Crippen LogP contribution is -2.31. The summed E-state index contributed by atoms with van der Waals surface area (Å²) in [6.45, 7) is 3.19. The average molecular weight is 375 g/mol. The van der Waals surface area contributed by atoms with Crippen molar-refractivity contribution in [2.75, 3.05) is 19.9 Å². The third kappa shape index (κ3) is 4.02. The van der Waals surface area contributed by atoms with E-state index in [1.165, 1.54) is 17.4 Å². The Bertz CT molecular complexity index is 873. The van der Waals surface area contributed by atoms with E-state index in [0.29, 0.717) is 22.6 Å². The molecule has 0 fully saturated rings. The predicted molar refractivity (Wildman–Crippen MR) is 94.0 cm³/mol. The maximum absolute atomic E-state index is 12.1. The molecule has 0 unspecified atom stereocenters. The van der Waals surface area contributed by atoms with Crippen LogP contribution >= 0.6 is 11.3 Å². The Morgan fingerprint density at radius 2 is 1.92 bits per heavy atom. The van der Waals surface area contributed by atoms with Crippen molar-refractivity contribution in [3.05, 3.63) is 45.1 Å². The van der Waals surface area contributed by atoms with Crippen LogP contribution in [0.2, 0.25) is 0 Å². The number of amides is 1. The van der Waals surface area contributed by atoms with Crippen molar-refractivity contribution in [2.24, 2.45) is 0 Å². The second kappa shape index (κ2) is 7.57. The number of ether oxygens (including phenoxy) is 3. The highest BCUT2D eigenvalue weighted by molar-refractivity contribution is 7.12. The molecule has 0 saturated carbocycles. The summed E-state index contributed by atoms with van der Waals surface area (Å²) in [5.74, 6) is -0.346. The molecule has 1 aliphatic heterocycles. The molecule has 0 radical (unpaired) electrons. The number of rotatable bonds is 6. The molecule has 7 nitrogen and oxygen atoms in total. The second-order valence-electron chi connectivity index (χ2n) is 5.66. The van der Waals surface area contributed by atoms with Crippen LogP contribution in [0.5, 0.6) is 11.5 Å². The van der Waals surface area contributed by atoms with E-state index in [4.69, 9.17) is 14.2 Å². The van der Waals surface area contributed by atoms with Crippen molar-refractivity contribution in [3.8, 4) is 11.5 Å². The number of benzene rings is 1. The number of aryl methyl sites for hydroxylation is 2. The smallest absolute Gasteiger partial charge is 0.325 e. The Morgan fingerprint density at radius 3 is 2.65 bits per heavy atom. The molecular formula is C18H17NO6S. The molecule has 2 aromatic rings. The topological polar surface area (TPSA) is 90.9 Å². The first-order valence-corrected chi connectivity index (χ1v) is 8.69. The molecule has 1 amide bonds. The molecule has 2 heterocycles. The van der Waals surface area contributed by atoms with Crippen LogP contribution in [0.4, 0.5) is 0 Å². The van der Waals surface area contributed by atoms with Crippen LogP contribution in [0, 0.1) is 13.8 Å². The molecule has 3 rings (SSSR count). The van der Waals surface area contributed by atoms with E-state index in [0.717, 1.165) is 9.75 Å². The molecule has 1 aromatic carbocycles. The minimum absolute atomic E-state index is 0.115. The summed E-state index contributed by atoms with van der Waals surface area (Å²) in [4.78, 5) is 37.8. The van der Waals surface area contributed by atoms with Gasteiger partial charge in [-0.2, -0.15) is 0 Å². The summed E-state index contributed by atoms with van der Waals surface area (Å²) in [7, 11) is 0. The number of fused-ring (bicyclic) bond motifs is 1. The normalized spacial score (nSPS) is 11.9. The molecular weight excluding hydrogens is 358 g/mol. The average Bonchev–Trinajstić information content (AvgIpc) is 3.22.